The maximum atomic E-state index is 12.7. The van der Waals surface area contributed by atoms with Crippen molar-refractivity contribution in [3.8, 4) is 0 Å². The van der Waals surface area contributed by atoms with Crippen LogP contribution in [0.25, 0.3) is 0 Å². The fourth-order valence-corrected chi connectivity index (χ4v) is 3.44. The zero-order valence-corrected chi connectivity index (χ0v) is 20.7. The van der Waals surface area contributed by atoms with E-state index < -0.39 is 35.0 Å². The lowest BCUT2D eigenvalue weighted by atomic mass is 9.98. The molecule has 1 aromatic rings. The van der Waals surface area contributed by atoms with Crippen molar-refractivity contribution in [1.82, 2.24) is 0 Å². The zero-order valence-electron chi connectivity index (χ0n) is 20.7. The number of carboxylic acids is 2. The van der Waals surface area contributed by atoms with Crippen LogP contribution in [0.3, 0.4) is 0 Å². The number of benzene rings is 1. The molecule has 1 aromatic carbocycles. The maximum Gasteiger partial charge on any atom is 0.339 e. The molecule has 0 saturated heterocycles. The molecular formula is C26H38O8. The van der Waals surface area contributed by atoms with Gasteiger partial charge in [-0.3, -0.25) is 0 Å². The normalized spacial score (nSPS) is 11.0. The van der Waals surface area contributed by atoms with E-state index in [1.807, 2.05) is 0 Å². The van der Waals surface area contributed by atoms with Crippen molar-refractivity contribution < 1.29 is 38.9 Å². The molecule has 0 unspecified atom stereocenters. The average molecular weight is 479 g/mol. The first-order valence-corrected chi connectivity index (χ1v) is 12.0. The summed E-state index contributed by atoms with van der Waals surface area (Å²) >= 11 is 0. The van der Waals surface area contributed by atoms with Gasteiger partial charge in [0.15, 0.2) is 0 Å². The average Bonchev–Trinajstić information content (AvgIpc) is 2.76. The number of carbonyl (C=O) groups excluding carboxylic acids is 2. The Bertz CT molecular complexity index is 772. The van der Waals surface area contributed by atoms with E-state index in [-0.39, 0.29) is 24.3 Å². The lowest BCUT2D eigenvalue weighted by molar-refractivity contribution is 0.0449. The van der Waals surface area contributed by atoms with E-state index in [2.05, 4.69) is 27.7 Å². The molecule has 1 rings (SSSR count). The quantitative estimate of drug-likeness (QED) is 0.224. The molecule has 2 N–H and O–H groups in total. The molecule has 0 amide bonds. The maximum absolute atomic E-state index is 12.7. The van der Waals surface area contributed by atoms with E-state index in [1.54, 1.807) is 0 Å². The summed E-state index contributed by atoms with van der Waals surface area (Å²) in [5.74, 6) is -3.63. The van der Waals surface area contributed by atoms with Crippen LogP contribution in [0.5, 0.6) is 0 Å². The summed E-state index contributed by atoms with van der Waals surface area (Å²) in [5, 5.41) is 18.8. The van der Waals surface area contributed by atoms with Crippen molar-refractivity contribution in [2.45, 2.75) is 79.1 Å². The highest BCUT2D eigenvalue weighted by Gasteiger charge is 2.27. The molecule has 190 valence electrons. The van der Waals surface area contributed by atoms with Crippen LogP contribution >= 0.6 is 0 Å². The van der Waals surface area contributed by atoms with Gasteiger partial charge in [-0.2, -0.15) is 0 Å². The third-order valence-electron chi connectivity index (χ3n) is 5.38. The molecule has 0 bridgehead atoms. The van der Waals surface area contributed by atoms with Gasteiger partial charge in [0.1, 0.15) is 0 Å². The summed E-state index contributed by atoms with van der Waals surface area (Å²) in [7, 11) is 0. The summed E-state index contributed by atoms with van der Waals surface area (Å²) in [6.07, 6.45) is 7.15. The SMILES string of the molecule is CC(C)CCCCCOC(=O)c1cc(C(=O)O)c(C(=O)O)cc1C(=O)OCCCCCC(C)C. The summed E-state index contributed by atoms with van der Waals surface area (Å²) < 4.78 is 10.5. The van der Waals surface area contributed by atoms with Crippen molar-refractivity contribution >= 4 is 23.9 Å². The number of unbranched alkanes of at least 4 members (excludes halogenated alkanes) is 4. The van der Waals surface area contributed by atoms with Crippen LogP contribution in [0.4, 0.5) is 0 Å². The highest BCUT2D eigenvalue weighted by molar-refractivity contribution is 6.09. The number of esters is 2. The summed E-state index contributed by atoms with van der Waals surface area (Å²) in [6.45, 7) is 8.76. The fraction of sp³-hybridized carbons (Fsp3) is 0.615. The van der Waals surface area contributed by atoms with E-state index in [0.29, 0.717) is 24.7 Å². The van der Waals surface area contributed by atoms with Gasteiger partial charge in [0.2, 0.25) is 0 Å². The Morgan fingerprint density at radius 2 is 0.971 bits per heavy atom. The molecule has 0 heterocycles. The lowest BCUT2D eigenvalue weighted by Gasteiger charge is -2.13. The summed E-state index contributed by atoms with van der Waals surface area (Å²) in [6, 6.07) is 1.76. The Labute approximate surface area is 201 Å². The van der Waals surface area contributed by atoms with Crippen molar-refractivity contribution in [2.75, 3.05) is 13.2 Å². The molecule has 0 aliphatic carbocycles. The second kappa shape index (κ2) is 15.1. The molecule has 0 radical (unpaired) electrons. The number of rotatable bonds is 16. The Morgan fingerprint density at radius 1 is 0.618 bits per heavy atom. The predicted molar refractivity (Wildman–Crippen MR) is 128 cm³/mol. The predicted octanol–water partition coefficient (Wildman–Crippen LogP) is 5.83. The van der Waals surface area contributed by atoms with E-state index in [9.17, 15) is 29.4 Å². The minimum Gasteiger partial charge on any atom is -0.478 e. The third-order valence-corrected chi connectivity index (χ3v) is 5.38. The number of carbonyl (C=O) groups is 4. The molecule has 0 aromatic heterocycles. The number of carboxylic acid groups (broad SMARTS) is 2. The first-order valence-electron chi connectivity index (χ1n) is 12.0. The van der Waals surface area contributed by atoms with Crippen molar-refractivity contribution in [2.24, 2.45) is 11.8 Å². The van der Waals surface area contributed by atoms with Crippen LogP contribution in [0.1, 0.15) is 120 Å². The van der Waals surface area contributed by atoms with Gasteiger partial charge in [-0.1, -0.05) is 66.2 Å². The van der Waals surface area contributed by atoms with Crippen LogP contribution in [-0.4, -0.2) is 47.3 Å². The minimum atomic E-state index is -1.52. The Morgan fingerprint density at radius 3 is 1.26 bits per heavy atom. The van der Waals surface area contributed by atoms with E-state index in [4.69, 9.17) is 9.47 Å². The molecule has 0 aliphatic rings. The first-order chi connectivity index (χ1) is 16.0. The van der Waals surface area contributed by atoms with Gasteiger partial charge in [-0.15, -0.1) is 0 Å². The van der Waals surface area contributed by atoms with Crippen molar-refractivity contribution in [3.63, 3.8) is 0 Å². The van der Waals surface area contributed by atoms with Gasteiger partial charge in [0, 0.05) is 0 Å². The van der Waals surface area contributed by atoms with Crippen molar-refractivity contribution in [3.05, 3.63) is 34.4 Å². The monoisotopic (exact) mass is 478 g/mol. The van der Waals surface area contributed by atoms with Gasteiger partial charge in [0.05, 0.1) is 35.5 Å². The topological polar surface area (TPSA) is 127 Å². The molecule has 0 aliphatic heterocycles. The van der Waals surface area contributed by atoms with Gasteiger partial charge in [0.25, 0.3) is 0 Å². The van der Waals surface area contributed by atoms with Gasteiger partial charge >= 0.3 is 23.9 Å². The molecular weight excluding hydrogens is 440 g/mol. The summed E-state index contributed by atoms with van der Waals surface area (Å²) in [5.41, 5.74) is -1.81. The van der Waals surface area contributed by atoms with E-state index in [1.165, 1.54) is 0 Å². The molecule has 0 saturated carbocycles. The molecule has 34 heavy (non-hydrogen) atoms. The molecule has 8 nitrogen and oxygen atoms in total. The number of ether oxygens (including phenoxy) is 2. The van der Waals surface area contributed by atoms with Gasteiger partial charge < -0.3 is 19.7 Å². The molecule has 0 fully saturated rings. The summed E-state index contributed by atoms with van der Waals surface area (Å²) in [4.78, 5) is 48.5. The number of aromatic carboxylic acids is 2. The molecule has 0 spiro atoms. The van der Waals surface area contributed by atoms with Crippen LogP contribution in [-0.2, 0) is 9.47 Å². The van der Waals surface area contributed by atoms with Gasteiger partial charge in [-0.25, -0.2) is 19.2 Å². The smallest absolute Gasteiger partial charge is 0.339 e. The van der Waals surface area contributed by atoms with E-state index >= 15 is 0 Å². The second-order valence-corrected chi connectivity index (χ2v) is 9.31. The van der Waals surface area contributed by atoms with E-state index in [0.717, 1.165) is 50.7 Å². The zero-order chi connectivity index (χ0) is 25.7. The van der Waals surface area contributed by atoms with Gasteiger partial charge in [-0.05, 0) is 36.8 Å². The fourth-order valence-electron chi connectivity index (χ4n) is 3.44. The van der Waals surface area contributed by atoms with Crippen LogP contribution in [0.15, 0.2) is 12.1 Å². The number of hydrogen-bond acceptors (Lipinski definition) is 6. The number of hydrogen-bond donors (Lipinski definition) is 2. The molecule has 0 atom stereocenters. The highest BCUT2D eigenvalue weighted by Crippen LogP contribution is 2.21. The highest BCUT2D eigenvalue weighted by atomic mass is 16.5. The Hall–Kier alpha value is -2.90. The first kappa shape index (κ1) is 29.1. The van der Waals surface area contributed by atoms with Crippen LogP contribution in [0, 0.1) is 11.8 Å². The third kappa shape index (κ3) is 10.4. The van der Waals surface area contributed by atoms with Crippen LogP contribution < -0.4 is 0 Å². The lowest BCUT2D eigenvalue weighted by Crippen LogP contribution is -2.19. The Kier molecular flexibility index (Phi) is 12.9. The minimum absolute atomic E-state index is 0.115. The van der Waals surface area contributed by atoms with Crippen molar-refractivity contribution in [1.29, 1.82) is 0 Å². The Balaban J connectivity index is 2.94. The molecule has 8 heteroatoms. The standard InChI is InChI=1S/C26H38O8/c1-17(2)11-7-5-9-13-33-25(31)21-15-19(23(27)28)20(24(29)30)16-22(21)26(32)34-14-10-6-8-12-18(3)4/h15-18H,5-14H2,1-4H3,(H,27,28)(H,29,30). The largest absolute Gasteiger partial charge is 0.478 e. The van der Waals surface area contributed by atoms with Crippen LogP contribution in [0.2, 0.25) is 0 Å². The second-order valence-electron chi connectivity index (χ2n) is 9.31.